The van der Waals surface area contributed by atoms with Crippen molar-refractivity contribution < 1.29 is 4.74 Å². The zero-order valence-electron chi connectivity index (χ0n) is 13.6. The predicted octanol–water partition coefficient (Wildman–Crippen LogP) is 2.60. The van der Waals surface area contributed by atoms with E-state index in [4.69, 9.17) is 4.74 Å². The topological polar surface area (TPSA) is 42.3 Å². The Morgan fingerprint density at radius 1 is 1.43 bits per heavy atom. The van der Waals surface area contributed by atoms with Crippen molar-refractivity contribution in [1.82, 2.24) is 14.5 Å². The number of aryl methyl sites for hydroxylation is 1. The van der Waals surface area contributed by atoms with Gasteiger partial charge in [0.2, 0.25) is 5.95 Å². The molecule has 1 aromatic rings. The molecular formula is C16H30N4O. The van der Waals surface area contributed by atoms with E-state index in [9.17, 15) is 0 Å². The van der Waals surface area contributed by atoms with Crippen LogP contribution >= 0.6 is 0 Å². The number of ether oxygens (including phenoxy) is 1. The molecule has 0 aliphatic heterocycles. The summed E-state index contributed by atoms with van der Waals surface area (Å²) in [6.07, 6.45) is 10.4. The van der Waals surface area contributed by atoms with Gasteiger partial charge in [0.25, 0.3) is 0 Å². The second-order valence-corrected chi connectivity index (χ2v) is 5.84. The van der Waals surface area contributed by atoms with E-state index >= 15 is 0 Å². The van der Waals surface area contributed by atoms with Gasteiger partial charge in [0.05, 0.1) is 0 Å². The molecule has 2 rings (SSSR count). The maximum Gasteiger partial charge on any atom is 0.202 e. The van der Waals surface area contributed by atoms with Gasteiger partial charge in [-0.2, -0.15) is 0 Å². The van der Waals surface area contributed by atoms with E-state index in [1.54, 1.807) is 0 Å². The van der Waals surface area contributed by atoms with Crippen LogP contribution in [0.25, 0.3) is 0 Å². The minimum atomic E-state index is 0.790. The predicted molar refractivity (Wildman–Crippen MR) is 86.7 cm³/mol. The fraction of sp³-hybridized carbons (Fsp3) is 0.812. The smallest absolute Gasteiger partial charge is 0.202 e. The minimum absolute atomic E-state index is 0.790. The van der Waals surface area contributed by atoms with Gasteiger partial charge in [-0.25, -0.2) is 4.98 Å². The summed E-state index contributed by atoms with van der Waals surface area (Å²) in [5.41, 5.74) is 0. The molecule has 120 valence electrons. The molecule has 0 spiro atoms. The number of anilines is 1. The Balaban J connectivity index is 1.66. The average Bonchev–Trinajstić information content (AvgIpc) is 3.15. The molecule has 5 heteroatoms. The van der Waals surface area contributed by atoms with Crippen LogP contribution in [0.2, 0.25) is 0 Å². The molecule has 0 bridgehead atoms. The van der Waals surface area contributed by atoms with Gasteiger partial charge in [0.15, 0.2) is 0 Å². The lowest BCUT2D eigenvalue weighted by molar-refractivity contribution is 0.142. The molecule has 1 heterocycles. The molecule has 0 saturated heterocycles. The lowest BCUT2D eigenvalue weighted by Crippen LogP contribution is -2.33. The molecule has 21 heavy (non-hydrogen) atoms. The van der Waals surface area contributed by atoms with Gasteiger partial charge in [0.1, 0.15) is 0 Å². The monoisotopic (exact) mass is 294 g/mol. The third-order valence-corrected chi connectivity index (χ3v) is 4.30. The SMILES string of the molecule is CCOCCCn1ccnc1NCCN(C)C1CCCC1. The Morgan fingerprint density at radius 3 is 3.00 bits per heavy atom. The van der Waals surface area contributed by atoms with Gasteiger partial charge >= 0.3 is 0 Å². The lowest BCUT2D eigenvalue weighted by atomic mass is 10.2. The molecule has 0 radical (unpaired) electrons. The van der Waals surface area contributed by atoms with E-state index in [0.717, 1.165) is 51.3 Å². The first-order valence-electron chi connectivity index (χ1n) is 8.34. The molecule has 1 fully saturated rings. The van der Waals surface area contributed by atoms with Crippen molar-refractivity contribution in [3.8, 4) is 0 Å². The molecule has 1 aliphatic carbocycles. The van der Waals surface area contributed by atoms with Crippen molar-refractivity contribution in [1.29, 1.82) is 0 Å². The fourth-order valence-corrected chi connectivity index (χ4v) is 3.01. The van der Waals surface area contributed by atoms with Crippen LogP contribution in [0.5, 0.6) is 0 Å². The third-order valence-electron chi connectivity index (χ3n) is 4.30. The Hall–Kier alpha value is -1.07. The summed E-state index contributed by atoms with van der Waals surface area (Å²) >= 11 is 0. The van der Waals surface area contributed by atoms with Crippen molar-refractivity contribution in [3.63, 3.8) is 0 Å². The van der Waals surface area contributed by atoms with Crippen LogP contribution in [0.1, 0.15) is 39.0 Å². The molecule has 0 amide bonds. The van der Waals surface area contributed by atoms with Crippen LogP contribution in [0.4, 0.5) is 5.95 Å². The van der Waals surface area contributed by atoms with Crippen LogP contribution < -0.4 is 5.32 Å². The van der Waals surface area contributed by atoms with Crippen molar-refractivity contribution in [3.05, 3.63) is 12.4 Å². The zero-order valence-corrected chi connectivity index (χ0v) is 13.6. The number of rotatable bonds is 10. The van der Waals surface area contributed by atoms with Gasteiger partial charge in [0, 0.05) is 51.3 Å². The first-order chi connectivity index (χ1) is 10.3. The second kappa shape index (κ2) is 9.05. The van der Waals surface area contributed by atoms with E-state index in [2.05, 4.69) is 26.8 Å². The average molecular weight is 294 g/mol. The molecular weight excluding hydrogens is 264 g/mol. The Bertz CT molecular complexity index is 387. The van der Waals surface area contributed by atoms with Gasteiger partial charge in [-0.15, -0.1) is 0 Å². The number of hydrogen-bond acceptors (Lipinski definition) is 4. The van der Waals surface area contributed by atoms with Crippen molar-refractivity contribution >= 4 is 5.95 Å². The Kier molecular flexibility index (Phi) is 7.03. The Morgan fingerprint density at radius 2 is 2.24 bits per heavy atom. The zero-order chi connectivity index (χ0) is 14.9. The number of nitrogens with one attached hydrogen (secondary N) is 1. The summed E-state index contributed by atoms with van der Waals surface area (Å²) in [7, 11) is 2.24. The number of nitrogens with zero attached hydrogens (tertiary/aromatic N) is 3. The maximum atomic E-state index is 5.38. The quantitative estimate of drug-likeness (QED) is 0.674. The largest absolute Gasteiger partial charge is 0.382 e. The second-order valence-electron chi connectivity index (χ2n) is 5.84. The molecule has 0 atom stereocenters. The van der Waals surface area contributed by atoms with Crippen LogP contribution in [-0.2, 0) is 11.3 Å². The first-order valence-corrected chi connectivity index (χ1v) is 8.34. The summed E-state index contributed by atoms with van der Waals surface area (Å²) in [6, 6.07) is 0.790. The van der Waals surface area contributed by atoms with Gasteiger partial charge in [-0.3, -0.25) is 0 Å². The molecule has 1 aromatic heterocycles. The highest BCUT2D eigenvalue weighted by atomic mass is 16.5. The number of imidazole rings is 1. The molecule has 0 unspecified atom stereocenters. The molecule has 1 N–H and O–H groups in total. The molecule has 1 saturated carbocycles. The molecule has 0 aromatic carbocycles. The van der Waals surface area contributed by atoms with Crippen LogP contribution in [0.15, 0.2) is 12.4 Å². The summed E-state index contributed by atoms with van der Waals surface area (Å²) in [5.74, 6) is 0.978. The standard InChI is InChI=1S/C16H30N4O/c1-3-21-14-6-11-20-13-10-18-16(20)17-9-12-19(2)15-7-4-5-8-15/h10,13,15H,3-9,11-12,14H2,1-2H3,(H,17,18). The van der Waals surface area contributed by atoms with Crippen molar-refractivity contribution in [2.75, 3.05) is 38.7 Å². The van der Waals surface area contributed by atoms with E-state index in [0.29, 0.717) is 0 Å². The fourth-order valence-electron chi connectivity index (χ4n) is 3.01. The molecule has 5 nitrogen and oxygen atoms in total. The normalized spacial score (nSPS) is 16.0. The summed E-state index contributed by atoms with van der Waals surface area (Å²) in [5, 5.41) is 3.46. The number of hydrogen-bond donors (Lipinski definition) is 1. The number of aromatic nitrogens is 2. The lowest BCUT2D eigenvalue weighted by Gasteiger charge is -2.24. The third kappa shape index (κ3) is 5.32. The molecule has 1 aliphatic rings. The van der Waals surface area contributed by atoms with Gasteiger partial charge in [-0.05, 0) is 33.2 Å². The van der Waals surface area contributed by atoms with E-state index in [-0.39, 0.29) is 0 Å². The Labute approximate surface area is 128 Å². The van der Waals surface area contributed by atoms with E-state index < -0.39 is 0 Å². The summed E-state index contributed by atoms with van der Waals surface area (Å²) < 4.78 is 7.56. The van der Waals surface area contributed by atoms with E-state index in [1.165, 1.54) is 25.7 Å². The minimum Gasteiger partial charge on any atom is -0.382 e. The number of likely N-dealkylation sites (N-methyl/N-ethyl adjacent to an activating group) is 1. The van der Waals surface area contributed by atoms with Crippen molar-refractivity contribution in [2.24, 2.45) is 0 Å². The van der Waals surface area contributed by atoms with Gasteiger partial charge < -0.3 is 19.5 Å². The van der Waals surface area contributed by atoms with Crippen LogP contribution in [0.3, 0.4) is 0 Å². The van der Waals surface area contributed by atoms with Crippen LogP contribution in [0, 0.1) is 0 Å². The van der Waals surface area contributed by atoms with Crippen LogP contribution in [-0.4, -0.2) is 53.8 Å². The maximum absolute atomic E-state index is 5.38. The highest BCUT2D eigenvalue weighted by Gasteiger charge is 2.18. The highest BCUT2D eigenvalue weighted by Crippen LogP contribution is 2.21. The summed E-state index contributed by atoms with van der Waals surface area (Å²) in [6.45, 7) is 6.64. The van der Waals surface area contributed by atoms with E-state index in [1.807, 2.05) is 19.3 Å². The van der Waals surface area contributed by atoms with Crippen molar-refractivity contribution in [2.45, 2.75) is 51.6 Å². The van der Waals surface area contributed by atoms with Gasteiger partial charge in [-0.1, -0.05) is 12.8 Å². The highest BCUT2D eigenvalue weighted by molar-refractivity contribution is 5.25. The first kappa shape index (κ1) is 16.3. The summed E-state index contributed by atoms with van der Waals surface area (Å²) in [4.78, 5) is 6.89.